The van der Waals surface area contributed by atoms with Crippen molar-refractivity contribution in [3.8, 4) is 5.69 Å². The Morgan fingerprint density at radius 3 is 2.24 bits per heavy atom. The summed E-state index contributed by atoms with van der Waals surface area (Å²) in [7, 11) is 0. The van der Waals surface area contributed by atoms with Crippen LogP contribution in [0.4, 0.5) is 17.1 Å². The summed E-state index contributed by atoms with van der Waals surface area (Å²) in [5.74, 6) is 1.29. The summed E-state index contributed by atoms with van der Waals surface area (Å²) < 4.78 is 7.91. The van der Waals surface area contributed by atoms with Crippen molar-refractivity contribution in [1.82, 2.24) is 14.9 Å². The number of aryl methyl sites for hydroxylation is 1. The normalized spacial score (nSPS) is 23.6. The van der Waals surface area contributed by atoms with Crippen molar-refractivity contribution >= 4 is 46.0 Å². The Morgan fingerprint density at radius 2 is 1.57 bits per heavy atom. The maximum Gasteiger partial charge on any atom is 0.174 e. The number of piperidine rings is 1. The fraction of sp³-hybridized carbons (Fsp3) is 0.405. The molecule has 2 aromatic carbocycles. The van der Waals surface area contributed by atoms with Gasteiger partial charge in [-0.15, -0.1) is 0 Å². The van der Waals surface area contributed by atoms with Gasteiger partial charge in [-0.25, -0.2) is 0 Å². The van der Waals surface area contributed by atoms with Crippen LogP contribution in [0.5, 0.6) is 0 Å². The molecular weight excluding hydrogens is 612 g/mol. The van der Waals surface area contributed by atoms with Gasteiger partial charge in [-0.2, -0.15) is 0 Å². The van der Waals surface area contributed by atoms with Gasteiger partial charge in [0.25, 0.3) is 0 Å². The highest BCUT2D eigenvalue weighted by Gasteiger charge is 2.42. The van der Waals surface area contributed by atoms with Crippen LogP contribution >= 0.6 is 23.8 Å². The third kappa shape index (κ3) is 5.87. The van der Waals surface area contributed by atoms with E-state index in [2.05, 4.69) is 107 Å². The molecule has 0 bridgehead atoms. The minimum atomic E-state index is -0.131. The van der Waals surface area contributed by atoms with E-state index < -0.39 is 0 Å². The Morgan fingerprint density at radius 1 is 0.870 bits per heavy atom. The highest BCUT2D eigenvalue weighted by atomic mass is 35.5. The zero-order valence-electron chi connectivity index (χ0n) is 27.1. The van der Waals surface area contributed by atoms with Crippen molar-refractivity contribution in [3.05, 3.63) is 101 Å². The number of nitrogens with one attached hydrogen (secondary N) is 1. The second-order valence-electron chi connectivity index (χ2n) is 13.3. The summed E-state index contributed by atoms with van der Waals surface area (Å²) >= 11 is 13.2. The average Bonchev–Trinajstić information content (AvgIpc) is 3.55. The Kier molecular flexibility index (Phi) is 8.70. The first-order valence-electron chi connectivity index (χ1n) is 16.5. The number of halogens is 1. The van der Waals surface area contributed by atoms with Gasteiger partial charge in [0.2, 0.25) is 0 Å². The minimum Gasteiger partial charge on any atom is -0.378 e. The largest absolute Gasteiger partial charge is 0.378 e. The van der Waals surface area contributed by atoms with E-state index in [0.717, 1.165) is 67.2 Å². The van der Waals surface area contributed by atoms with Crippen molar-refractivity contribution in [2.24, 2.45) is 11.8 Å². The molecule has 3 saturated heterocycles. The molecule has 2 aromatic heterocycles. The highest BCUT2D eigenvalue weighted by Crippen LogP contribution is 2.45. The van der Waals surface area contributed by atoms with E-state index in [1.807, 2.05) is 18.3 Å². The SMILES string of the molecule is Cc1cc([C@@H]2[C@@H](c3ccccn3)NC(=S)N2c2ccc(N3C[C@H](C)C[C@H](C)C3)c(Cl)c2)c(C)n1-c1ccc(N2CCOCC2)cc1. The summed E-state index contributed by atoms with van der Waals surface area (Å²) in [6.45, 7) is 14.5. The van der Waals surface area contributed by atoms with Gasteiger partial charge < -0.3 is 29.3 Å². The molecule has 3 fully saturated rings. The zero-order chi connectivity index (χ0) is 31.9. The molecular formula is C37H43ClN6OS. The van der Waals surface area contributed by atoms with Gasteiger partial charge in [-0.1, -0.05) is 31.5 Å². The number of anilines is 3. The van der Waals surface area contributed by atoms with E-state index >= 15 is 0 Å². The predicted molar refractivity (Wildman–Crippen MR) is 193 cm³/mol. The number of benzene rings is 2. The maximum absolute atomic E-state index is 7.08. The number of hydrogen-bond acceptors (Lipinski definition) is 5. The van der Waals surface area contributed by atoms with Crippen LogP contribution in [0.25, 0.3) is 5.69 Å². The molecule has 5 heterocycles. The Bertz CT molecular complexity index is 1690. The molecule has 0 amide bonds. The van der Waals surface area contributed by atoms with Crippen LogP contribution < -0.4 is 20.0 Å². The number of rotatable bonds is 6. The molecule has 240 valence electrons. The van der Waals surface area contributed by atoms with Gasteiger partial charge in [0, 0.05) is 60.8 Å². The molecule has 0 radical (unpaired) electrons. The van der Waals surface area contributed by atoms with Crippen LogP contribution in [-0.4, -0.2) is 54.1 Å². The quantitative estimate of drug-likeness (QED) is 0.215. The monoisotopic (exact) mass is 654 g/mol. The molecule has 46 heavy (non-hydrogen) atoms. The number of ether oxygens (including phenoxy) is 1. The summed E-state index contributed by atoms with van der Waals surface area (Å²) in [5, 5.41) is 5.06. The van der Waals surface area contributed by atoms with Crippen molar-refractivity contribution in [2.45, 2.75) is 46.2 Å². The second-order valence-corrected chi connectivity index (χ2v) is 14.1. The van der Waals surface area contributed by atoms with E-state index in [-0.39, 0.29) is 12.1 Å². The Hall–Kier alpha value is -3.59. The first-order chi connectivity index (χ1) is 22.3. The summed E-state index contributed by atoms with van der Waals surface area (Å²) in [6, 6.07) is 23.5. The highest BCUT2D eigenvalue weighted by molar-refractivity contribution is 7.80. The van der Waals surface area contributed by atoms with Crippen LogP contribution in [0.2, 0.25) is 5.02 Å². The molecule has 3 aliphatic rings. The third-order valence-corrected chi connectivity index (χ3v) is 10.4. The predicted octanol–water partition coefficient (Wildman–Crippen LogP) is 7.64. The standard InChI is InChI=1S/C37H43ClN6OS/c1-24-19-25(2)23-42(22-24)34-13-12-30(21-32(34)38)44-36(35(40-37(44)46)33-7-5-6-14-39-33)31-20-26(3)43(27(31)4)29-10-8-28(9-11-29)41-15-17-45-18-16-41/h5-14,20-21,24-25,35-36H,15-19,22-23H2,1-4H3,(H,40,46)/t24-,25+,35-,36-/m1/s1. The molecule has 4 aromatic rings. The third-order valence-electron chi connectivity index (χ3n) is 9.79. The van der Waals surface area contributed by atoms with Crippen LogP contribution in [0.3, 0.4) is 0 Å². The number of hydrogen-bond donors (Lipinski definition) is 1. The smallest absolute Gasteiger partial charge is 0.174 e. The van der Waals surface area contributed by atoms with Gasteiger partial charge in [0.05, 0.1) is 41.7 Å². The summed E-state index contributed by atoms with van der Waals surface area (Å²) in [4.78, 5) is 11.8. The van der Waals surface area contributed by atoms with Crippen molar-refractivity contribution in [1.29, 1.82) is 0 Å². The number of pyridine rings is 1. The van der Waals surface area contributed by atoms with Crippen LogP contribution in [0, 0.1) is 25.7 Å². The lowest BCUT2D eigenvalue weighted by Crippen LogP contribution is -2.38. The molecule has 0 saturated carbocycles. The molecule has 1 N–H and O–H groups in total. The lowest BCUT2D eigenvalue weighted by molar-refractivity contribution is 0.122. The van der Waals surface area contributed by atoms with Gasteiger partial charge in [-0.05, 0) is 111 Å². The number of aromatic nitrogens is 2. The molecule has 3 aliphatic heterocycles. The number of morpholine rings is 1. The van der Waals surface area contributed by atoms with E-state index in [9.17, 15) is 0 Å². The fourth-order valence-electron chi connectivity index (χ4n) is 7.83. The van der Waals surface area contributed by atoms with E-state index in [0.29, 0.717) is 16.9 Å². The zero-order valence-corrected chi connectivity index (χ0v) is 28.7. The molecule has 9 heteroatoms. The Balaban J connectivity index is 1.26. The molecule has 0 aliphatic carbocycles. The lowest BCUT2D eigenvalue weighted by Gasteiger charge is -2.37. The second kappa shape index (κ2) is 12.9. The van der Waals surface area contributed by atoms with E-state index in [1.54, 1.807) is 0 Å². The fourth-order valence-corrected chi connectivity index (χ4v) is 8.47. The van der Waals surface area contributed by atoms with Crippen molar-refractivity contribution in [2.75, 3.05) is 54.1 Å². The van der Waals surface area contributed by atoms with Crippen molar-refractivity contribution < 1.29 is 4.74 Å². The molecule has 7 nitrogen and oxygen atoms in total. The molecule has 7 rings (SSSR count). The summed E-state index contributed by atoms with van der Waals surface area (Å²) in [6.07, 6.45) is 3.11. The van der Waals surface area contributed by atoms with Crippen molar-refractivity contribution in [3.63, 3.8) is 0 Å². The van der Waals surface area contributed by atoms with Gasteiger partial charge in [-0.3, -0.25) is 4.98 Å². The van der Waals surface area contributed by atoms with Crippen LogP contribution in [-0.2, 0) is 4.74 Å². The van der Waals surface area contributed by atoms with Gasteiger partial charge >= 0.3 is 0 Å². The first-order valence-corrected chi connectivity index (χ1v) is 17.2. The maximum atomic E-state index is 7.08. The lowest BCUT2D eigenvalue weighted by atomic mass is 9.91. The number of nitrogens with zero attached hydrogens (tertiary/aromatic N) is 5. The van der Waals surface area contributed by atoms with Crippen LogP contribution in [0.15, 0.2) is 72.9 Å². The Labute approximate surface area is 283 Å². The summed E-state index contributed by atoms with van der Waals surface area (Å²) in [5.41, 5.74) is 8.96. The van der Waals surface area contributed by atoms with Crippen LogP contribution in [0.1, 0.15) is 55.0 Å². The van der Waals surface area contributed by atoms with E-state index in [4.69, 9.17) is 33.5 Å². The van der Waals surface area contributed by atoms with E-state index in [1.165, 1.54) is 29.1 Å². The molecule has 0 unspecified atom stereocenters. The number of thiocarbonyl (C=S) groups is 1. The molecule has 0 spiro atoms. The first kappa shape index (κ1) is 31.0. The molecule has 4 atom stereocenters. The van der Waals surface area contributed by atoms with Gasteiger partial charge in [0.15, 0.2) is 5.11 Å². The average molecular weight is 655 g/mol. The minimum absolute atomic E-state index is 0.119. The van der Waals surface area contributed by atoms with Gasteiger partial charge in [0.1, 0.15) is 0 Å². The topological polar surface area (TPSA) is 48.8 Å².